The first-order valence-corrected chi connectivity index (χ1v) is 7.55. The molecular weight excluding hydrogens is 286 g/mol. The second-order valence-electron chi connectivity index (χ2n) is 4.55. The van der Waals surface area contributed by atoms with Gasteiger partial charge in [0, 0.05) is 18.1 Å². The van der Waals surface area contributed by atoms with Gasteiger partial charge >= 0.3 is 5.97 Å². The van der Waals surface area contributed by atoms with E-state index in [1.165, 1.54) is 18.0 Å². The zero-order chi connectivity index (χ0) is 15.1. The summed E-state index contributed by atoms with van der Waals surface area (Å²) in [7, 11) is 0. The molecule has 0 aliphatic heterocycles. The summed E-state index contributed by atoms with van der Waals surface area (Å²) in [6.07, 6.45) is 3.12. The highest BCUT2D eigenvalue weighted by Gasteiger charge is 2.16. The Morgan fingerprint density at radius 2 is 2.00 bits per heavy atom. The summed E-state index contributed by atoms with van der Waals surface area (Å²) in [5, 5.41) is 0.639. The van der Waals surface area contributed by atoms with Gasteiger partial charge in [-0.2, -0.15) is 0 Å². The molecule has 6 heteroatoms. The van der Waals surface area contributed by atoms with Crippen LogP contribution in [0.2, 0.25) is 0 Å². The molecule has 0 aliphatic carbocycles. The third-order valence-corrected chi connectivity index (χ3v) is 4.04. The van der Waals surface area contributed by atoms with Crippen LogP contribution in [0.3, 0.4) is 0 Å². The van der Waals surface area contributed by atoms with Crippen molar-refractivity contribution in [1.29, 1.82) is 0 Å². The van der Waals surface area contributed by atoms with E-state index in [0.717, 1.165) is 5.56 Å². The Morgan fingerprint density at radius 3 is 2.71 bits per heavy atom. The quantitative estimate of drug-likeness (QED) is 0.652. The van der Waals surface area contributed by atoms with Crippen LogP contribution in [0.5, 0.6) is 0 Å². The van der Waals surface area contributed by atoms with E-state index in [1.807, 2.05) is 37.3 Å². The van der Waals surface area contributed by atoms with Crippen LogP contribution in [0, 0.1) is 5.92 Å². The minimum atomic E-state index is -0.236. The number of hydrogen-bond acceptors (Lipinski definition) is 6. The van der Waals surface area contributed by atoms with E-state index in [-0.39, 0.29) is 11.9 Å². The van der Waals surface area contributed by atoms with Crippen LogP contribution < -0.4 is 5.73 Å². The van der Waals surface area contributed by atoms with E-state index < -0.39 is 0 Å². The second-order valence-corrected chi connectivity index (χ2v) is 5.56. The zero-order valence-electron chi connectivity index (χ0n) is 11.7. The number of nitrogens with two attached hydrogens (primary N) is 1. The van der Waals surface area contributed by atoms with E-state index in [4.69, 9.17) is 10.5 Å². The SMILES string of the molecule is CC(CSc1nccnc1N)C(=O)OCc1ccccc1. The molecule has 2 aromatic rings. The molecular formula is C15H17N3O2S. The smallest absolute Gasteiger partial charge is 0.309 e. The van der Waals surface area contributed by atoms with Crippen LogP contribution in [0.15, 0.2) is 47.8 Å². The largest absolute Gasteiger partial charge is 0.461 e. The standard InChI is InChI=1S/C15H17N3O2S/c1-11(10-21-14-13(16)17-7-8-18-14)15(19)20-9-12-5-3-2-4-6-12/h2-8,11H,9-10H2,1H3,(H2,16,17). The van der Waals surface area contributed by atoms with Gasteiger partial charge in [0.25, 0.3) is 0 Å². The van der Waals surface area contributed by atoms with Gasteiger partial charge in [-0.15, -0.1) is 11.8 Å². The van der Waals surface area contributed by atoms with E-state index in [2.05, 4.69) is 9.97 Å². The van der Waals surface area contributed by atoms with Crippen molar-refractivity contribution in [2.75, 3.05) is 11.5 Å². The van der Waals surface area contributed by atoms with Gasteiger partial charge in [0.15, 0.2) is 5.82 Å². The van der Waals surface area contributed by atoms with Gasteiger partial charge in [0.05, 0.1) is 5.92 Å². The van der Waals surface area contributed by atoms with Gasteiger partial charge in [-0.3, -0.25) is 4.79 Å². The monoisotopic (exact) mass is 303 g/mol. The first-order chi connectivity index (χ1) is 10.2. The van der Waals surface area contributed by atoms with E-state index in [0.29, 0.717) is 23.2 Å². The maximum absolute atomic E-state index is 11.9. The van der Waals surface area contributed by atoms with Crippen LogP contribution in [0.4, 0.5) is 5.82 Å². The van der Waals surface area contributed by atoms with E-state index in [1.54, 1.807) is 6.20 Å². The Morgan fingerprint density at radius 1 is 1.29 bits per heavy atom. The zero-order valence-corrected chi connectivity index (χ0v) is 12.5. The van der Waals surface area contributed by atoms with E-state index >= 15 is 0 Å². The maximum atomic E-state index is 11.9. The first-order valence-electron chi connectivity index (χ1n) is 6.56. The normalized spacial score (nSPS) is 11.9. The molecule has 1 atom stereocenters. The van der Waals surface area contributed by atoms with E-state index in [9.17, 15) is 4.79 Å². The van der Waals surface area contributed by atoms with Crippen molar-refractivity contribution < 1.29 is 9.53 Å². The highest BCUT2D eigenvalue weighted by Crippen LogP contribution is 2.22. The lowest BCUT2D eigenvalue weighted by molar-refractivity contribution is -0.148. The van der Waals surface area contributed by atoms with Crippen molar-refractivity contribution in [3.8, 4) is 0 Å². The molecule has 2 N–H and O–H groups in total. The minimum absolute atomic E-state index is 0.228. The fraction of sp³-hybridized carbons (Fsp3) is 0.267. The van der Waals surface area contributed by atoms with Crippen molar-refractivity contribution in [1.82, 2.24) is 9.97 Å². The number of thioether (sulfide) groups is 1. The predicted octanol–water partition coefficient (Wildman–Crippen LogP) is 2.53. The van der Waals surface area contributed by atoms with Gasteiger partial charge in [-0.25, -0.2) is 9.97 Å². The summed E-state index contributed by atoms with van der Waals surface area (Å²) in [5.74, 6) is 0.470. The molecule has 0 saturated heterocycles. The molecule has 0 aliphatic rings. The van der Waals surface area contributed by atoms with Crippen molar-refractivity contribution in [2.24, 2.45) is 5.92 Å². The summed E-state index contributed by atoms with van der Waals surface area (Å²) < 4.78 is 5.29. The number of carbonyl (C=O) groups excluding carboxylic acids is 1. The molecule has 0 fully saturated rings. The highest BCUT2D eigenvalue weighted by molar-refractivity contribution is 7.99. The van der Waals surface area contributed by atoms with Crippen molar-refractivity contribution in [2.45, 2.75) is 18.6 Å². The minimum Gasteiger partial charge on any atom is -0.461 e. The van der Waals surface area contributed by atoms with Gasteiger partial charge in [0.2, 0.25) is 0 Å². The highest BCUT2D eigenvalue weighted by atomic mass is 32.2. The number of aromatic nitrogens is 2. The van der Waals surface area contributed by atoms with Crippen LogP contribution in [0.1, 0.15) is 12.5 Å². The number of nitrogens with zero attached hydrogens (tertiary/aromatic N) is 2. The Kier molecular flexibility index (Phi) is 5.57. The summed E-state index contributed by atoms with van der Waals surface area (Å²) >= 11 is 1.41. The number of ether oxygens (including phenoxy) is 1. The van der Waals surface area contributed by atoms with Gasteiger partial charge < -0.3 is 10.5 Å². The number of rotatable bonds is 6. The molecule has 110 valence electrons. The molecule has 0 spiro atoms. The lowest BCUT2D eigenvalue weighted by Gasteiger charge is -2.11. The Balaban J connectivity index is 1.79. The average molecular weight is 303 g/mol. The molecule has 1 heterocycles. The molecule has 21 heavy (non-hydrogen) atoms. The fourth-order valence-corrected chi connectivity index (χ4v) is 2.47. The molecule has 1 aromatic heterocycles. The summed E-state index contributed by atoms with van der Waals surface area (Å²) in [4.78, 5) is 20.0. The number of hydrogen-bond donors (Lipinski definition) is 1. The maximum Gasteiger partial charge on any atom is 0.309 e. The molecule has 1 unspecified atom stereocenters. The van der Waals surface area contributed by atoms with Crippen LogP contribution in [0.25, 0.3) is 0 Å². The molecule has 1 aromatic carbocycles. The Hall–Kier alpha value is -2.08. The number of carbonyl (C=O) groups is 1. The lowest BCUT2D eigenvalue weighted by atomic mass is 10.2. The Labute approximate surface area is 127 Å². The number of nitrogen functional groups attached to an aromatic ring is 1. The number of anilines is 1. The third-order valence-electron chi connectivity index (χ3n) is 2.79. The average Bonchev–Trinajstić information content (AvgIpc) is 2.52. The summed E-state index contributed by atoms with van der Waals surface area (Å²) in [6, 6.07) is 9.61. The van der Waals surface area contributed by atoms with Crippen molar-refractivity contribution in [3.05, 3.63) is 48.3 Å². The fourth-order valence-electron chi connectivity index (χ4n) is 1.59. The second kappa shape index (κ2) is 7.64. The van der Waals surface area contributed by atoms with Crippen LogP contribution in [-0.4, -0.2) is 21.7 Å². The van der Waals surface area contributed by atoms with Crippen molar-refractivity contribution >= 4 is 23.5 Å². The van der Waals surface area contributed by atoms with Crippen molar-refractivity contribution in [3.63, 3.8) is 0 Å². The molecule has 2 rings (SSSR count). The predicted molar refractivity (Wildman–Crippen MR) is 82.6 cm³/mol. The summed E-state index contributed by atoms with van der Waals surface area (Å²) in [5.41, 5.74) is 6.68. The van der Waals surface area contributed by atoms with Crippen LogP contribution >= 0.6 is 11.8 Å². The summed E-state index contributed by atoms with van der Waals surface area (Å²) in [6.45, 7) is 2.12. The van der Waals surface area contributed by atoms with Crippen LogP contribution in [-0.2, 0) is 16.1 Å². The molecule has 0 saturated carbocycles. The molecule has 0 radical (unpaired) electrons. The van der Waals surface area contributed by atoms with Gasteiger partial charge in [-0.05, 0) is 5.56 Å². The topological polar surface area (TPSA) is 78.1 Å². The van der Waals surface area contributed by atoms with Gasteiger partial charge in [0.1, 0.15) is 11.6 Å². The first kappa shape index (κ1) is 15.3. The Bertz CT molecular complexity index is 592. The third kappa shape index (κ3) is 4.75. The molecule has 0 bridgehead atoms. The lowest BCUT2D eigenvalue weighted by Crippen LogP contribution is -2.17. The van der Waals surface area contributed by atoms with Gasteiger partial charge in [-0.1, -0.05) is 37.3 Å². The number of benzene rings is 1. The molecule has 5 nitrogen and oxygen atoms in total. The molecule has 0 amide bonds. The number of esters is 1.